The van der Waals surface area contributed by atoms with Crippen molar-refractivity contribution in [1.29, 1.82) is 0 Å². The Bertz CT molecular complexity index is 535. The molecule has 7 heteroatoms. The fourth-order valence-electron chi connectivity index (χ4n) is 1.61. The lowest BCUT2D eigenvalue weighted by Crippen LogP contribution is -2.34. The highest BCUT2D eigenvalue weighted by molar-refractivity contribution is 5.92. The number of carboxylic acid groups (broad SMARTS) is 1. The van der Waals surface area contributed by atoms with E-state index in [0.29, 0.717) is 5.75 Å². The number of rotatable bonds is 6. The van der Waals surface area contributed by atoms with Crippen LogP contribution in [0.25, 0.3) is 0 Å². The van der Waals surface area contributed by atoms with Gasteiger partial charge in [-0.05, 0) is 32.9 Å². The first-order valence-corrected chi connectivity index (χ1v) is 6.74. The predicted molar refractivity (Wildman–Crippen MR) is 79.7 cm³/mol. The summed E-state index contributed by atoms with van der Waals surface area (Å²) in [5.74, 6) is -0.672. The smallest absolute Gasteiger partial charge is 0.407 e. The topological polar surface area (TPSA) is 94.1 Å². The van der Waals surface area contributed by atoms with Gasteiger partial charge in [0.25, 0.3) is 0 Å². The quantitative estimate of drug-likeness (QED) is 0.783. The number of hydrogen-bond donors (Lipinski definition) is 2. The molecule has 1 aromatic carbocycles. The first-order valence-electron chi connectivity index (χ1n) is 6.74. The number of aromatic carboxylic acids is 1. The van der Waals surface area contributed by atoms with Crippen molar-refractivity contribution in [2.75, 3.05) is 20.3 Å². The van der Waals surface area contributed by atoms with Gasteiger partial charge in [-0.2, -0.15) is 0 Å². The molecule has 0 aliphatic heterocycles. The van der Waals surface area contributed by atoms with Gasteiger partial charge in [-0.25, -0.2) is 9.59 Å². The summed E-state index contributed by atoms with van der Waals surface area (Å²) in [5.41, 5.74) is -0.582. The molecule has 1 rings (SSSR count). The second-order valence-electron chi connectivity index (χ2n) is 5.42. The van der Waals surface area contributed by atoms with Crippen molar-refractivity contribution in [3.8, 4) is 11.5 Å². The maximum absolute atomic E-state index is 11.5. The molecule has 0 heterocycles. The Morgan fingerprint density at radius 1 is 1.27 bits per heavy atom. The standard InChI is InChI=1S/C15H21NO6/c1-15(2,3)22-14(19)16-8-9-21-12-10(13(17)18)6-5-7-11(12)20-4/h5-7H,8-9H2,1-4H3,(H,16,19)(H,17,18). The number of carbonyl (C=O) groups is 2. The number of ether oxygens (including phenoxy) is 3. The van der Waals surface area contributed by atoms with Gasteiger partial charge in [0.05, 0.1) is 13.7 Å². The van der Waals surface area contributed by atoms with E-state index >= 15 is 0 Å². The summed E-state index contributed by atoms with van der Waals surface area (Å²) in [6.07, 6.45) is -0.561. The third kappa shape index (κ3) is 5.51. The van der Waals surface area contributed by atoms with Gasteiger partial charge in [0.15, 0.2) is 11.5 Å². The van der Waals surface area contributed by atoms with Gasteiger partial charge in [0.2, 0.25) is 0 Å². The molecule has 2 N–H and O–H groups in total. The fourth-order valence-corrected chi connectivity index (χ4v) is 1.61. The summed E-state index contributed by atoms with van der Waals surface area (Å²) in [4.78, 5) is 22.6. The highest BCUT2D eigenvalue weighted by Crippen LogP contribution is 2.30. The van der Waals surface area contributed by atoms with Gasteiger partial charge in [-0.1, -0.05) is 6.07 Å². The van der Waals surface area contributed by atoms with Crippen LogP contribution in [0.1, 0.15) is 31.1 Å². The van der Waals surface area contributed by atoms with E-state index in [0.717, 1.165) is 0 Å². The zero-order chi connectivity index (χ0) is 16.8. The Balaban J connectivity index is 2.58. The molecule has 22 heavy (non-hydrogen) atoms. The maximum atomic E-state index is 11.5. The number of nitrogens with one attached hydrogen (secondary N) is 1. The molecule has 0 saturated heterocycles. The highest BCUT2D eigenvalue weighted by atomic mass is 16.6. The van der Waals surface area contributed by atoms with Crippen molar-refractivity contribution in [2.45, 2.75) is 26.4 Å². The largest absolute Gasteiger partial charge is 0.493 e. The van der Waals surface area contributed by atoms with Crippen LogP contribution in [0.4, 0.5) is 4.79 Å². The monoisotopic (exact) mass is 311 g/mol. The number of methoxy groups -OCH3 is 1. The number of carbonyl (C=O) groups excluding carboxylic acids is 1. The van der Waals surface area contributed by atoms with E-state index < -0.39 is 17.7 Å². The molecule has 0 bridgehead atoms. The zero-order valence-corrected chi connectivity index (χ0v) is 13.1. The van der Waals surface area contributed by atoms with Crippen LogP contribution < -0.4 is 14.8 Å². The molecule has 0 aromatic heterocycles. The van der Waals surface area contributed by atoms with Gasteiger partial charge >= 0.3 is 12.1 Å². The second-order valence-corrected chi connectivity index (χ2v) is 5.42. The summed E-state index contributed by atoms with van der Waals surface area (Å²) in [6, 6.07) is 4.58. The van der Waals surface area contributed by atoms with Crippen molar-refractivity contribution in [3.63, 3.8) is 0 Å². The van der Waals surface area contributed by atoms with Crippen LogP contribution in [0.2, 0.25) is 0 Å². The number of amides is 1. The molecular formula is C15H21NO6. The van der Waals surface area contributed by atoms with Crippen LogP contribution >= 0.6 is 0 Å². The van der Waals surface area contributed by atoms with Crippen LogP contribution in [-0.2, 0) is 4.74 Å². The summed E-state index contributed by atoms with van der Waals surface area (Å²) >= 11 is 0. The summed E-state index contributed by atoms with van der Waals surface area (Å²) in [5, 5.41) is 11.7. The van der Waals surface area contributed by atoms with Crippen LogP contribution in [0.3, 0.4) is 0 Å². The highest BCUT2D eigenvalue weighted by Gasteiger charge is 2.17. The number of benzene rings is 1. The first kappa shape index (κ1) is 17.6. The average Bonchev–Trinajstić information content (AvgIpc) is 2.41. The fraction of sp³-hybridized carbons (Fsp3) is 0.467. The van der Waals surface area contributed by atoms with Crippen molar-refractivity contribution in [2.24, 2.45) is 0 Å². The maximum Gasteiger partial charge on any atom is 0.407 e. The van der Waals surface area contributed by atoms with Gasteiger partial charge in [0.1, 0.15) is 17.8 Å². The van der Waals surface area contributed by atoms with Gasteiger partial charge in [-0.3, -0.25) is 0 Å². The van der Waals surface area contributed by atoms with Crippen molar-refractivity contribution >= 4 is 12.1 Å². The van der Waals surface area contributed by atoms with Crippen molar-refractivity contribution in [1.82, 2.24) is 5.32 Å². The Labute approximate surface area is 129 Å². The minimum Gasteiger partial charge on any atom is -0.493 e. The summed E-state index contributed by atoms with van der Waals surface area (Å²) in [7, 11) is 1.42. The third-order valence-corrected chi connectivity index (χ3v) is 2.45. The molecule has 122 valence electrons. The lowest BCUT2D eigenvalue weighted by Gasteiger charge is -2.19. The van der Waals surface area contributed by atoms with E-state index in [9.17, 15) is 9.59 Å². The van der Waals surface area contributed by atoms with Crippen molar-refractivity contribution in [3.05, 3.63) is 23.8 Å². The molecule has 1 amide bonds. The van der Waals surface area contributed by atoms with E-state index in [2.05, 4.69) is 5.32 Å². The number of para-hydroxylation sites is 1. The first-order chi connectivity index (χ1) is 10.2. The van der Waals surface area contributed by atoms with Crippen LogP contribution in [0.15, 0.2) is 18.2 Å². The molecule has 0 aliphatic carbocycles. The van der Waals surface area contributed by atoms with Gasteiger partial charge < -0.3 is 24.6 Å². The number of hydrogen-bond acceptors (Lipinski definition) is 5. The minimum absolute atomic E-state index is 0.00313. The normalized spacial score (nSPS) is 10.7. The predicted octanol–water partition coefficient (Wildman–Crippen LogP) is 2.30. The van der Waals surface area contributed by atoms with E-state index in [1.54, 1.807) is 32.9 Å². The molecule has 0 atom stereocenters. The summed E-state index contributed by atoms with van der Waals surface area (Å²) in [6.45, 7) is 5.54. The minimum atomic E-state index is -1.12. The van der Waals surface area contributed by atoms with Crippen LogP contribution in [0, 0.1) is 0 Å². The Morgan fingerprint density at radius 3 is 2.50 bits per heavy atom. The SMILES string of the molecule is COc1cccc(C(=O)O)c1OCCNC(=O)OC(C)(C)C. The van der Waals surface area contributed by atoms with Gasteiger partial charge in [0, 0.05) is 0 Å². The third-order valence-electron chi connectivity index (χ3n) is 2.45. The molecule has 0 unspecified atom stereocenters. The molecule has 0 fully saturated rings. The van der Waals surface area contributed by atoms with Crippen LogP contribution in [0.5, 0.6) is 11.5 Å². The second kappa shape index (κ2) is 7.53. The van der Waals surface area contributed by atoms with Gasteiger partial charge in [-0.15, -0.1) is 0 Å². The summed E-state index contributed by atoms with van der Waals surface area (Å²) < 4.78 is 15.6. The number of alkyl carbamates (subject to hydrolysis) is 1. The Morgan fingerprint density at radius 2 is 1.95 bits per heavy atom. The van der Waals surface area contributed by atoms with E-state index in [1.165, 1.54) is 13.2 Å². The molecule has 1 aromatic rings. The van der Waals surface area contributed by atoms with E-state index in [4.69, 9.17) is 19.3 Å². The molecule has 0 aliphatic rings. The zero-order valence-electron chi connectivity index (χ0n) is 13.1. The molecule has 0 saturated carbocycles. The molecule has 0 spiro atoms. The average molecular weight is 311 g/mol. The van der Waals surface area contributed by atoms with E-state index in [-0.39, 0.29) is 24.5 Å². The van der Waals surface area contributed by atoms with Crippen molar-refractivity contribution < 1.29 is 28.9 Å². The molecule has 0 radical (unpaired) electrons. The molecule has 7 nitrogen and oxygen atoms in total. The lowest BCUT2D eigenvalue weighted by atomic mass is 10.2. The lowest BCUT2D eigenvalue weighted by molar-refractivity contribution is 0.0518. The number of carboxylic acids is 1. The van der Waals surface area contributed by atoms with E-state index in [1.807, 2.05) is 0 Å². The Hall–Kier alpha value is -2.44. The Kier molecular flexibility index (Phi) is 6.03. The molecular weight excluding hydrogens is 290 g/mol. The van der Waals surface area contributed by atoms with Crippen LogP contribution in [-0.4, -0.2) is 43.0 Å².